The van der Waals surface area contributed by atoms with Crippen LogP contribution in [-0.2, 0) is 14.3 Å². The van der Waals surface area contributed by atoms with Crippen LogP contribution in [0.3, 0.4) is 0 Å². The SMILES string of the molecule is O=S(=O)(OC1CCCC12CCCC2)C(F)(F)F. The highest BCUT2D eigenvalue weighted by molar-refractivity contribution is 7.87. The first-order valence-electron chi connectivity index (χ1n) is 5.76. The van der Waals surface area contributed by atoms with Crippen LogP contribution in [0.15, 0.2) is 0 Å². The van der Waals surface area contributed by atoms with E-state index in [-0.39, 0.29) is 5.41 Å². The van der Waals surface area contributed by atoms with Crippen molar-refractivity contribution in [3.8, 4) is 0 Å². The highest BCUT2D eigenvalue weighted by Gasteiger charge is 2.53. The summed E-state index contributed by atoms with van der Waals surface area (Å²) >= 11 is 0. The third kappa shape index (κ3) is 2.31. The Balaban J connectivity index is 2.14. The molecule has 0 N–H and O–H groups in total. The minimum absolute atomic E-state index is 0.321. The molecule has 7 heteroatoms. The van der Waals surface area contributed by atoms with E-state index in [1.807, 2.05) is 0 Å². The van der Waals surface area contributed by atoms with E-state index in [1.165, 1.54) is 0 Å². The van der Waals surface area contributed by atoms with Gasteiger partial charge in [-0.3, -0.25) is 4.18 Å². The molecule has 2 aliphatic carbocycles. The zero-order valence-electron chi connectivity index (χ0n) is 9.29. The molecule has 0 bridgehead atoms. The van der Waals surface area contributed by atoms with Gasteiger partial charge < -0.3 is 0 Å². The Labute approximate surface area is 98.5 Å². The fraction of sp³-hybridized carbons (Fsp3) is 1.00. The normalized spacial score (nSPS) is 29.0. The second-order valence-electron chi connectivity index (χ2n) is 4.95. The number of alkyl halides is 3. The highest BCUT2D eigenvalue weighted by Crippen LogP contribution is 2.52. The van der Waals surface area contributed by atoms with Gasteiger partial charge in [0.15, 0.2) is 0 Å². The summed E-state index contributed by atoms with van der Waals surface area (Å²) in [5, 5.41) is 0. The van der Waals surface area contributed by atoms with Crippen LogP contribution in [0.1, 0.15) is 44.9 Å². The Morgan fingerprint density at radius 2 is 1.59 bits per heavy atom. The lowest BCUT2D eigenvalue weighted by Gasteiger charge is -2.30. The third-order valence-electron chi connectivity index (χ3n) is 3.95. The van der Waals surface area contributed by atoms with E-state index >= 15 is 0 Å². The smallest absolute Gasteiger partial charge is 0.259 e. The van der Waals surface area contributed by atoms with E-state index in [0.29, 0.717) is 6.42 Å². The Morgan fingerprint density at radius 1 is 1.06 bits per heavy atom. The van der Waals surface area contributed by atoms with Crippen LogP contribution in [0, 0.1) is 5.41 Å². The van der Waals surface area contributed by atoms with Gasteiger partial charge in [0.05, 0.1) is 6.10 Å². The van der Waals surface area contributed by atoms with Crippen LogP contribution in [0.2, 0.25) is 0 Å². The minimum Gasteiger partial charge on any atom is -0.259 e. The number of hydrogen-bond donors (Lipinski definition) is 0. The predicted molar refractivity (Wildman–Crippen MR) is 54.6 cm³/mol. The molecule has 0 amide bonds. The third-order valence-corrected chi connectivity index (χ3v) is 5.00. The molecule has 0 aromatic carbocycles. The van der Waals surface area contributed by atoms with Gasteiger partial charge in [0.2, 0.25) is 0 Å². The molecule has 100 valence electrons. The molecule has 3 nitrogen and oxygen atoms in total. The summed E-state index contributed by atoms with van der Waals surface area (Å²) in [5.74, 6) is 0. The summed E-state index contributed by atoms with van der Waals surface area (Å²) < 4.78 is 63.2. The van der Waals surface area contributed by atoms with Crippen molar-refractivity contribution in [3.63, 3.8) is 0 Å². The Kier molecular flexibility index (Phi) is 3.18. The molecule has 1 unspecified atom stereocenters. The predicted octanol–water partition coefficient (Wildman–Crippen LogP) is 2.97. The molecule has 1 atom stereocenters. The molecular formula is C10H15F3O3S. The summed E-state index contributed by atoms with van der Waals surface area (Å²) in [6.45, 7) is 0. The molecule has 0 radical (unpaired) electrons. The van der Waals surface area contributed by atoms with Gasteiger partial charge >= 0.3 is 15.6 Å². The van der Waals surface area contributed by atoms with Gasteiger partial charge in [-0.2, -0.15) is 21.6 Å². The van der Waals surface area contributed by atoms with E-state index in [1.54, 1.807) is 0 Å². The van der Waals surface area contributed by atoms with Crippen molar-refractivity contribution in [2.24, 2.45) is 5.41 Å². The quantitative estimate of drug-likeness (QED) is 0.573. The second-order valence-corrected chi connectivity index (χ2v) is 6.51. The van der Waals surface area contributed by atoms with Gasteiger partial charge in [-0.25, -0.2) is 0 Å². The lowest BCUT2D eigenvalue weighted by molar-refractivity contribution is -0.0619. The molecule has 17 heavy (non-hydrogen) atoms. The van der Waals surface area contributed by atoms with E-state index in [0.717, 1.165) is 38.5 Å². The molecular weight excluding hydrogens is 257 g/mol. The molecule has 2 saturated carbocycles. The number of halogens is 3. The Morgan fingerprint density at radius 3 is 2.12 bits per heavy atom. The van der Waals surface area contributed by atoms with Crippen LogP contribution >= 0.6 is 0 Å². The summed E-state index contributed by atoms with van der Waals surface area (Å²) in [7, 11) is -5.44. The molecule has 2 rings (SSSR count). The monoisotopic (exact) mass is 272 g/mol. The maximum atomic E-state index is 12.2. The van der Waals surface area contributed by atoms with Crippen molar-refractivity contribution in [1.29, 1.82) is 0 Å². The van der Waals surface area contributed by atoms with Crippen molar-refractivity contribution < 1.29 is 25.8 Å². The van der Waals surface area contributed by atoms with E-state index in [4.69, 9.17) is 0 Å². The molecule has 2 aliphatic rings. The standard InChI is InChI=1S/C10H15F3O3S/c11-10(12,13)17(14,15)16-8-4-3-7-9(8)5-1-2-6-9/h8H,1-7H2. The summed E-state index contributed by atoms with van der Waals surface area (Å²) in [6, 6.07) is 0. The van der Waals surface area contributed by atoms with Crippen molar-refractivity contribution in [3.05, 3.63) is 0 Å². The van der Waals surface area contributed by atoms with E-state index < -0.39 is 21.7 Å². The van der Waals surface area contributed by atoms with Gasteiger partial charge in [-0.1, -0.05) is 19.3 Å². The average molecular weight is 272 g/mol. The summed E-state index contributed by atoms with van der Waals surface area (Å²) in [6.07, 6.45) is 4.63. The first kappa shape index (κ1) is 13.1. The fourth-order valence-electron chi connectivity index (χ4n) is 3.12. The van der Waals surface area contributed by atoms with E-state index in [2.05, 4.69) is 4.18 Å². The molecule has 2 fully saturated rings. The van der Waals surface area contributed by atoms with Crippen LogP contribution in [0.4, 0.5) is 13.2 Å². The zero-order chi connectivity index (χ0) is 12.7. The first-order chi connectivity index (χ1) is 7.77. The summed E-state index contributed by atoms with van der Waals surface area (Å²) in [4.78, 5) is 0. The maximum absolute atomic E-state index is 12.2. The molecule has 0 saturated heterocycles. The number of rotatable bonds is 2. The Bertz CT molecular complexity index is 377. The summed E-state index contributed by atoms with van der Waals surface area (Å²) in [5.41, 5.74) is -5.63. The molecule has 0 heterocycles. The molecule has 1 spiro atoms. The lowest BCUT2D eigenvalue weighted by Crippen LogP contribution is -2.36. The fourth-order valence-corrected chi connectivity index (χ4v) is 3.83. The van der Waals surface area contributed by atoms with Crippen molar-refractivity contribution in [2.45, 2.75) is 56.6 Å². The van der Waals surface area contributed by atoms with E-state index in [9.17, 15) is 21.6 Å². The van der Waals surface area contributed by atoms with Gasteiger partial charge in [-0.15, -0.1) is 0 Å². The van der Waals surface area contributed by atoms with Gasteiger partial charge in [0.25, 0.3) is 0 Å². The lowest BCUT2D eigenvalue weighted by atomic mass is 9.83. The highest BCUT2D eigenvalue weighted by atomic mass is 32.2. The zero-order valence-corrected chi connectivity index (χ0v) is 10.1. The molecule has 0 aliphatic heterocycles. The van der Waals surface area contributed by atoms with Gasteiger partial charge in [-0.05, 0) is 31.1 Å². The largest absolute Gasteiger partial charge is 0.523 e. The average Bonchev–Trinajstić information content (AvgIpc) is 2.77. The number of hydrogen-bond acceptors (Lipinski definition) is 3. The van der Waals surface area contributed by atoms with Gasteiger partial charge in [0, 0.05) is 0 Å². The van der Waals surface area contributed by atoms with Crippen LogP contribution in [-0.4, -0.2) is 20.0 Å². The van der Waals surface area contributed by atoms with Crippen molar-refractivity contribution in [1.82, 2.24) is 0 Å². The van der Waals surface area contributed by atoms with Crippen LogP contribution in [0.25, 0.3) is 0 Å². The topological polar surface area (TPSA) is 43.4 Å². The van der Waals surface area contributed by atoms with Crippen LogP contribution in [0.5, 0.6) is 0 Å². The maximum Gasteiger partial charge on any atom is 0.523 e. The van der Waals surface area contributed by atoms with Gasteiger partial charge in [0.1, 0.15) is 0 Å². The molecule has 0 aromatic rings. The Hall–Kier alpha value is -0.300. The minimum atomic E-state index is -5.44. The van der Waals surface area contributed by atoms with Crippen molar-refractivity contribution >= 4 is 10.1 Å². The molecule has 0 aromatic heterocycles. The second kappa shape index (κ2) is 4.12. The van der Waals surface area contributed by atoms with Crippen LogP contribution < -0.4 is 0 Å². The first-order valence-corrected chi connectivity index (χ1v) is 7.17. The van der Waals surface area contributed by atoms with Crippen molar-refractivity contribution in [2.75, 3.05) is 0 Å².